The summed E-state index contributed by atoms with van der Waals surface area (Å²) in [5.74, 6) is 0.595. The second kappa shape index (κ2) is 8.81. The highest BCUT2D eigenvalue weighted by Gasteiger charge is 2.33. The van der Waals surface area contributed by atoms with Gasteiger partial charge in [0.1, 0.15) is 5.82 Å². The number of nitrogens with zero attached hydrogens (tertiary/aromatic N) is 5. The van der Waals surface area contributed by atoms with Crippen LogP contribution in [0.25, 0.3) is 10.2 Å². The normalized spacial score (nSPS) is 19.8. The summed E-state index contributed by atoms with van der Waals surface area (Å²) < 4.78 is 39.4. The van der Waals surface area contributed by atoms with Gasteiger partial charge >= 0.3 is 6.18 Å². The third-order valence-electron chi connectivity index (χ3n) is 6.31. The number of anilines is 2. The lowest BCUT2D eigenvalue weighted by molar-refractivity contribution is -0.138. The predicted molar refractivity (Wildman–Crippen MR) is 123 cm³/mol. The Morgan fingerprint density at radius 3 is 2.48 bits per heavy atom. The monoisotopic (exact) mass is 475 g/mol. The van der Waals surface area contributed by atoms with Crippen LogP contribution >= 0.6 is 11.3 Å². The molecule has 1 unspecified atom stereocenters. The second-order valence-electron chi connectivity index (χ2n) is 8.46. The third kappa shape index (κ3) is 4.62. The van der Waals surface area contributed by atoms with Crippen molar-refractivity contribution in [3.63, 3.8) is 0 Å². The lowest BCUT2D eigenvalue weighted by atomic mass is 9.96. The van der Waals surface area contributed by atoms with E-state index in [9.17, 15) is 18.0 Å². The summed E-state index contributed by atoms with van der Waals surface area (Å²) in [6, 6.07) is 10.5. The zero-order valence-electron chi connectivity index (χ0n) is 18.0. The molecule has 6 nitrogen and oxygen atoms in total. The summed E-state index contributed by atoms with van der Waals surface area (Å²) in [5.41, 5.74) is 0.231. The van der Waals surface area contributed by atoms with Gasteiger partial charge in [-0.15, -0.1) is 0 Å². The van der Waals surface area contributed by atoms with Gasteiger partial charge in [0.2, 0.25) is 5.91 Å². The van der Waals surface area contributed by atoms with Gasteiger partial charge in [0, 0.05) is 45.5 Å². The maximum absolute atomic E-state index is 13.2. The maximum Gasteiger partial charge on any atom is 0.417 e. The second-order valence-corrected chi connectivity index (χ2v) is 9.47. The Bertz CT molecular complexity index is 1090. The van der Waals surface area contributed by atoms with E-state index in [2.05, 4.69) is 16.0 Å². The van der Waals surface area contributed by atoms with E-state index in [1.165, 1.54) is 6.07 Å². The zero-order valence-corrected chi connectivity index (χ0v) is 18.8. The molecule has 0 aliphatic carbocycles. The topological polar surface area (TPSA) is 52.6 Å². The van der Waals surface area contributed by atoms with E-state index in [1.807, 2.05) is 28.0 Å². The van der Waals surface area contributed by atoms with Crippen LogP contribution in [-0.2, 0) is 11.0 Å². The number of para-hydroxylation sites is 1. The Kier molecular flexibility index (Phi) is 5.86. The summed E-state index contributed by atoms with van der Waals surface area (Å²) in [6.07, 6.45) is -1.72. The molecule has 2 aliphatic rings. The van der Waals surface area contributed by atoms with Crippen LogP contribution in [0.4, 0.5) is 24.1 Å². The van der Waals surface area contributed by atoms with Gasteiger partial charge in [0.25, 0.3) is 0 Å². The summed E-state index contributed by atoms with van der Waals surface area (Å²) in [4.78, 5) is 28.0. The number of alkyl halides is 3. The lowest BCUT2D eigenvalue weighted by Crippen LogP contribution is -2.52. The van der Waals surface area contributed by atoms with E-state index in [4.69, 9.17) is 4.98 Å². The molecular formula is C23H24F3N5OS. The molecule has 2 aliphatic heterocycles. The zero-order chi connectivity index (χ0) is 23.0. The molecule has 1 atom stereocenters. The van der Waals surface area contributed by atoms with Gasteiger partial charge < -0.3 is 14.7 Å². The SMILES string of the molecule is O=C(C1CCCN(c2nc3ccccc3s2)C1)N1CCN(c2ccc(C(F)(F)F)cn2)CC1. The number of piperidine rings is 1. The molecule has 10 heteroatoms. The Morgan fingerprint density at radius 1 is 1.00 bits per heavy atom. The summed E-state index contributed by atoms with van der Waals surface area (Å²) in [7, 11) is 0. The fourth-order valence-electron chi connectivity index (χ4n) is 4.50. The molecule has 0 spiro atoms. The largest absolute Gasteiger partial charge is 0.417 e. The van der Waals surface area contributed by atoms with Crippen molar-refractivity contribution >= 4 is 38.4 Å². The number of amides is 1. The predicted octanol–water partition coefficient (Wildman–Crippen LogP) is 4.28. The number of aromatic nitrogens is 2. The van der Waals surface area contributed by atoms with Gasteiger partial charge in [-0.05, 0) is 37.1 Å². The average Bonchev–Trinajstić information content (AvgIpc) is 3.28. The number of hydrogen-bond donors (Lipinski definition) is 0. The number of piperazine rings is 1. The summed E-state index contributed by atoms with van der Waals surface area (Å²) in [6.45, 7) is 3.76. The smallest absolute Gasteiger partial charge is 0.353 e. The molecule has 33 heavy (non-hydrogen) atoms. The molecule has 174 valence electrons. The van der Waals surface area contributed by atoms with Crippen LogP contribution in [0.1, 0.15) is 18.4 Å². The minimum atomic E-state index is -4.39. The number of benzene rings is 1. The molecule has 3 aromatic rings. The number of carbonyl (C=O) groups excluding carboxylic acids is 1. The molecule has 1 amide bonds. The highest BCUT2D eigenvalue weighted by atomic mass is 32.1. The van der Waals surface area contributed by atoms with Crippen LogP contribution in [0.2, 0.25) is 0 Å². The first-order valence-electron chi connectivity index (χ1n) is 11.1. The van der Waals surface area contributed by atoms with Gasteiger partial charge in [-0.1, -0.05) is 23.5 Å². The number of thiazole rings is 1. The number of halogens is 3. The van der Waals surface area contributed by atoms with E-state index >= 15 is 0 Å². The van der Waals surface area contributed by atoms with Crippen molar-refractivity contribution in [2.24, 2.45) is 5.92 Å². The Hall–Kier alpha value is -2.88. The van der Waals surface area contributed by atoms with E-state index in [0.717, 1.165) is 47.0 Å². The van der Waals surface area contributed by atoms with Crippen molar-refractivity contribution in [3.05, 3.63) is 48.2 Å². The minimum Gasteiger partial charge on any atom is -0.353 e. The molecule has 2 fully saturated rings. The highest BCUT2D eigenvalue weighted by molar-refractivity contribution is 7.22. The van der Waals surface area contributed by atoms with Crippen LogP contribution in [0.3, 0.4) is 0 Å². The number of fused-ring (bicyclic) bond motifs is 1. The minimum absolute atomic E-state index is 0.0680. The van der Waals surface area contributed by atoms with Gasteiger partial charge in [-0.3, -0.25) is 4.79 Å². The van der Waals surface area contributed by atoms with E-state index in [-0.39, 0.29) is 11.8 Å². The van der Waals surface area contributed by atoms with Gasteiger partial charge in [0.05, 0.1) is 21.7 Å². The van der Waals surface area contributed by atoms with Crippen molar-refractivity contribution in [1.82, 2.24) is 14.9 Å². The van der Waals surface area contributed by atoms with Crippen LogP contribution < -0.4 is 9.80 Å². The van der Waals surface area contributed by atoms with Crippen molar-refractivity contribution in [3.8, 4) is 0 Å². The van der Waals surface area contributed by atoms with E-state index < -0.39 is 11.7 Å². The molecule has 5 rings (SSSR count). The molecule has 0 saturated carbocycles. The van der Waals surface area contributed by atoms with Crippen LogP contribution in [0.5, 0.6) is 0 Å². The Morgan fingerprint density at radius 2 is 1.79 bits per heavy atom. The summed E-state index contributed by atoms with van der Waals surface area (Å²) in [5, 5.41) is 0.965. The van der Waals surface area contributed by atoms with E-state index in [0.29, 0.717) is 38.5 Å². The van der Waals surface area contributed by atoms with Crippen molar-refractivity contribution < 1.29 is 18.0 Å². The molecule has 0 bridgehead atoms. The standard InChI is InChI=1S/C23H24F3N5OS/c24-23(25,26)17-7-8-20(27-14-17)29-10-12-30(13-11-29)21(32)16-4-3-9-31(15-16)22-28-18-5-1-2-6-19(18)33-22/h1-2,5-8,14,16H,3-4,9-13,15H2. The highest BCUT2D eigenvalue weighted by Crippen LogP contribution is 2.32. The molecule has 0 N–H and O–H groups in total. The van der Waals surface area contributed by atoms with Crippen LogP contribution in [0.15, 0.2) is 42.6 Å². The summed E-state index contributed by atoms with van der Waals surface area (Å²) >= 11 is 1.66. The number of hydrogen-bond acceptors (Lipinski definition) is 6. The molecule has 0 radical (unpaired) electrons. The maximum atomic E-state index is 13.2. The Balaban J connectivity index is 1.19. The molecule has 4 heterocycles. The quantitative estimate of drug-likeness (QED) is 0.566. The van der Waals surface area contributed by atoms with Gasteiger partial charge in [-0.2, -0.15) is 13.2 Å². The van der Waals surface area contributed by atoms with Gasteiger partial charge in [0.15, 0.2) is 5.13 Å². The number of carbonyl (C=O) groups is 1. The molecule has 2 saturated heterocycles. The molecule has 1 aromatic carbocycles. The average molecular weight is 476 g/mol. The van der Waals surface area contributed by atoms with Crippen LogP contribution in [-0.4, -0.2) is 60.0 Å². The van der Waals surface area contributed by atoms with Crippen LogP contribution in [0, 0.1) is 5.92 Å². The lowest BCUT2D eigenvalue weighted by Gasteiger charge is -2.39. The van der Waals surface area contributed by atoms with Crippen molar-refractivity contribution in [2.45, 2.75) is 19.0 Å². The van der Waals surface area contributed by atoms with Gasteiger partial charge in [-0.25, -0.2) is 9.97 Å². The Labute approximate surface area is 193 Å². The fourth-order valence-corrected chi connectivity index (χ4v) is 5.50. The first-order valence-corrected chi connectivity index (χ1v) is 11.9. The van der Waals surface area contributed by atoms with E-state index in [1.54, 1.807) is 11.3 Å². The number of rotatable bonds is 3. The third-order valence-corrected chi connectivity index (χ3v) is 7.41. The first-order chi connectivity index (χ1) is 15.9. The fraction of sp³-hybridized carbons (Fsp3) is 0.435. The molecular weight excluding hydrogens is 451 g/mol. The molecule has 2 aromatic heterocycles. The van der Waals surface area contributed by atoms with Crippen molar-refractivity contribution in [1.29, 1.82) is 0 Å². The first kappa shape index (κ1) is 21.9. The number of pyridine rings is 1. The van der Waals surface area contributed by atoms with Crippen molar-refractivity contribution in [2.75, 3.05) is 49.1 Å².